The SMILES string of the molecule is CC/C=C\C/C=C\C/C=C\C/C=C\C/C=C\C/C=C\CCCCC(=O)OC(COC(=O)CCCCCCCCC)COC(=O)CCCCCCCCC/C=C\C/C=C\C/C=C\C/C=C\C/C=C\CC. The highest BCUT2D eigenvalue weighted by Crippen LogP contribution is 2.13. The normalized spacial score (nSPS) is 13.1. The fourth-order valence-corrected chi connectivity index (χ4v) is 7.06. The van der Waals surface area contributed by atoms with E-state index < -0.39 is 6.10 Å². The predicted molar refractivity (Wildman–Crippen MR) is 297 cm³/mol. The Labute approximate surface area is 424 Å². The number of ether oxygens (including phenoxy) is 3. The number of carbonyl (C=O) groups is 3. The summed E-state index contributed by atoms with van der Waals surface area (Å²) in [6, 6.07) is 0. The van der Waals surface area contributed by atoms with Gasteiger partial charge in [-0.15, -0.1) is 0 Å². The Morgan fingerprint density at radius 2 is 0.565 bits per heavy atom. The van der Waals surface area contributed by atoms with Crippen LogP contribution < -0.4 is 0 Å². The lowest BCUT2D eigenvalue weighted by atomic mass is 10.1. The van der Waals surface area contributed by atoms with Crippen molar-refractivity contribution in [2.75, 3.05) is 13.2 Å². The minimum Gasteiger partial charge on any atom is -0.462 e. The van der Waals surface area contributed by atoms with Crippen LogP contribution in [0.25, 0.3) is 0 Å². The number of esters is 3. The summed E-state index contributed by atoms with van der Waals surface area (Å²) < 4.78 is 16.7. The summed E-state index contributed by atoms with van der Waals surface area (Å²) in [7, 11) is 0. The van der Waals surface area contributed by atoms with Gasteiger partial charge in [0.2, 0.25) is 0 Å². The molecule has 0 bridgehead atoms. The smallest absolute Gasteiger partial charge is 0.306 e. The van der Waals surface area contributed by atoms with Gasteiger partial charge in [0, 0.05) is 19.3 Å². The van der Waals surface area contributed by atoms with Gasteiger partial charge < -0.3 is 14.2 Å². The van der Waals surface area contributed by atoms with Gasteiger partial charge in [-0.1, -0.05) is 225 Å². The molecule has 0 saturated carbocycles. The molecule has 0 radical (unpaired) electrons. The third kappa shape index (κ3) is 54.4. The van der Waals surface area contributed by atoms with Gasteiger partial charge in [-0.3, -0.25) is 14.4 Å². The van der Waals surface area contributed by atoms with Crippen LogP contribution >= 0.6 is 0 Å². The minimum atomic E-state index is -0.808. The molecule has 0 N–H and O–H groups in total. The fraction of sp³-hybridized carbons (Fsp3) is 0.603. The molecule has 69 heavy (non-hydrogen) atoms. The zero-order valence-electron chi connectivity index (χ0n) is 44.3. The summed E-state index contributed by atoms with van der Waals surface area (Å²) in [5.41, 5.74) is 0. The highest BCUT2D eigenvalue weighted by molar-refractivity contribution is 5.71. The Morgan fingerprint density at radius 1 is 0.304 bits per heavy atom. The van der Waals surface area contributed by atoms with Crippen LogP contribution in [0, 0.1) is 0 Å². The number of hydrogen-bond acceptors (Lipinski definition) is 6. The van der Waals surface area contributed by atoms with E-state index in [0.717, 1.165) is 128 Å². The van der Waals surface area contributed by atoms with E-state index in [1.54, 1.807) is 0 Å². The summed E-state index contributed by atoms with van der Waals surface area (Å²) in [6.45, 7) is 6.31. The molecular formula is C63H100O6. The van der Waals surface area contributed by atoms with Crippen molar-refractivity contribution in [1.29, 1.82) is 0 Å². The van der Waals surface area contributed by atoms with Crippen molar-refractivity contribution >= 4 is 17.9 Å². The molecule has 0 aliphatic carbocycles. The van der Waals surface area contributed by atoms with Crippen LogP contribution in [0.15, 0.2) is 134 Å². The Bertz CT molecular complexity index is 1510. The Hall–Kier alpha value is -4.45. The maximum absolute atomic E-state index is 12.8. The lowest BCUT2D eigenvalue weighted by Crippen LogP contribution is -2.30. The number of rotatable bonds is 48. The van der Waals surface area contributed by atoms with E-state index in [2.05, 4.69) is 154 Å². The van der Waals surface area contributed by atoms with Gasteiger partial charge >= 0.3 is 17.9 Å². The number of allylic oxidation sites excluding steroid dienone is 22. The van der Waals surface area contributed by atoms with Gasteiger partial charge in [-0.05, 0) is 116 Å². The summed E-state index contributed by atoms with van der Waals surface area (Å²) in [5, 5.41) is 0. The summed E-state index contributed by atoms with van der Waals surface area (Å²) in [4.78, 5) is 37.9. The van der Waals surface area contributed by atoms with E-state index in [-0.39, 0.29) is 37.5 Å². The maximum atomic E-state index is 12.8. The van der Waals surface area contributed by atoms with E-state index in [1.807, 2.05) is 0 Å². The van der Waals surface area contributed by atoms with Crippen molar-refractivity contribution in [3.8, 4) is 0 Å². The van der Waals surface area contributed by atoms with Crippen LogP contribution in [0.2, 0.25) is 0 Å². The molecule has 388 valence electrons. The van der Waals surface area contributed by atoms with E-state index in [0.29, 0.717) is 19.3 Å². The number of unbranched alkanes of at least 4 members (excludes halogenated alkanes) is 15. The maximum Gasteiger partial charge on any atom is 0.306 e. The summed E-state index contributed by atoms with van der Waals surface area (Å²) >= 11 is 0. The zero-order valence-corrected chi connectivity index (χ0v) is 44.3. The molecule has 0 aliphatic rings. The molecular weight excluding hydrogens is 853 g/mol. The summed E-state index contributed by atoms with van der Waals surface area (Å²) in [5.74, 6) is -0.972. The van der Waals surface area contributed by atoms with Gasteiger partial charge in [0.25, 0.3) is 0 Å². The van der Waals surface area contributed by atoms with Crippen LogP contribution in [0.5, 0.6) is 0 Å². The highest BCUT2D eigenvalue weighted by Gasteiger charge is 2.19. The lowest BCUT2D eigenvalue weighted by molar-refractivity contribution is -0.167. The average molecular weight is 953 g/mol. The van der Waals surface area contributed by atoms with Crippen molar-refractivity contribution in [2.24, 2.45) is 0 Å². The van der Waals surface area contributed by atoms with Crippen molar-refractivity contribution in [2.45, 2.75) is 232 Å². The van der Waals surface area contributed by atoms with Crippen molar-refractivity contribution < 1.29 is 28.6 Å². The second-order valence-electron chi connectivity index (χ2n) is 17.7. The molecule has 0 aliphatic heterocycles. The number of carbonyl (C=O) groups excluding carboxylic acids is 3. The molecule has 1 atom stereocenters. The van der Waals surface area contributed by atoms with E-state index >= 15 is 0 Å². The van der Waals surface area contributed by atoms with E-state index in [9.17, 15) is 14.4 Å². The molecule has 0 aromatic heterocycles. The first kappa shape index (κ1) is 64.5. The van der Waals surface area contributed by atoms with Gasteiger partial charge in [0.15, 0.2) is 6.10 Å². The van der Waals surface area contributed by atoms with Crippen LogP contribution in [-0.4, -0.2) is 37.2 Å². The lowest BCUT2D eigenvalue weighted by Gasteiger charge is -2.18. The number of hydrogen-bond donors (Lipinski definition) is 0. The highest BCUT2D eigenvalue weighted by atomic mass is 16.6. The third-order valence-corrected chi connectivity index (χ3v) is 11.2. The van der Waals surface area contributed by atoms with E-state index in [4.69, 9.17) is 14.2 Å². The third-order valence-electron chi connectivity index (χ3n) is 11.2. The average Bonchev–Trinajstić information content (AvgIpc) is 3.35. The first-order valence-electron chi connectivity index (χ1n) is 27.7. The molecule has 0 rings (SSSR count). The van der Waals surface area contributed by atoms with Crippen LogP contribution in [-0.2, 0) is 28.6 Å². The Balaban J connectivity index is 4.35. The largest absolute Gasteiger partial charge is 0.462 e. The van der Waals surface area contributed by atoms with Crippen LogP contribution in [0.1, 0.15) is 226 Å². The molecule has 0 aromatic carbocycles. The first-order chi connectivity index (χ1) is 34.0. The molecule has 0 saturated heterocycles. The molecule has 0 heterocycles. The van der Waals surface area contributed by atoms with Crippen LogP contribution in [0.3, 0.4) is 0 Å². The Kier molecular flexibility index (Phi) is 52.5. The topological polar surface area (TPSA) is 78.9 Å². The molecule has 1 unspecified atom stereocenters. The van der Waals surface area contributed by atoms with Crippen LogP contribution in [0.4, 0.5) is 0 Å². The second-order valence-corrected chi connectivity index (χ2v) is 17.7. The van der Waals surface area contributed by atoms with Crippen molar-refractivity contribution in [1.82, 2.24) is 0 Å². The minimum absolute atomic E-state index is 0.103. The van der Waals surface area contributed by atoms with Gasteiger partial charge in [-0.2, -0.15) is 0 Å². The second kappa shape index (κ2) is 56.1. The fourth-order valence-electron chi connectivity index (χ4n) is 7.06. The zero-order chi connectivity index (χ0) is 50.0. The standard InChI is InChI=1S/C63H100O6/c1-4-7-10-13-16-18-20-22-24-26-28-30-31-33-34-36-38-40-42-44-47-50-53-56-62(65)68-59-60(58-67-61(64)55-52-49-46-15-12-9-6-3)69-63(66)57-54-51-48-45-43-41-39-37-35-32-29-27-25-23-21-19-17-14-11-8-5-2/h7-8,10-11,16-19,22-25,28-30,32-34,37,39,43,45,60H,4-6,9,12-15,20-21,26-27,31,35-36,38,40-42,44,46-59H2,1-3H3/b10-7-,11-8-,18-16-,19-17-,24-22-,25-23-,30-28-,32-29-,34-33-,39-37-,45-43-. The molecule has 0 amide bonds. The van der Waals surface area contributed by atoms with Crippen molar-refractivity contribution in [3.05, 3.63) is 134 Å². The van der Waals surface area contributed by atoms with Gasteiger partial charge in [0.05, 0.1) is 0 Å². The summed E-state index contributed by atoms with van der Waals surface area (Å²) in [6.07, 6.45) is 78.9. The van der Waals surface area contributed by atoms with Gasteiger partial charge in [0.1, 0.15) is 13.2 Å². The van der Waals surface area contributed by atoms with Crippen molar-refractivity contribution in [3.63, 3.8) is 0 Å². The molecule has 6 nitrogen and oxygen atoms in total. The molecule has 0 aromatic rings. The van der Waals surface area contributed by atoms with E-state index in [1.165, 1.54) is 51.4 Å². The predicted octanol–water partition coefficient (Wildman–Crippen LogP) is 18.6. The molecule has 0 spiro atoms. The first-order valence-corrected chi connectivity index (χ1v) is 27.7. The molecule has 6 heteroatoms. The van der Waals surface area contributed by atoms with Gasteiger partial charge in [-0.25, -0.2) is 0 Å². The molecule has 0 fully saturated rings. The quantitative estimate of drug-likeness (QED) is 0.0262. The monoisotopic (exact) mass is 953 g/mol. The Morgan fingerprint density at radius 3 is 0.913 bits per heavy atom.